The highest BCUT2D eigenvalue weighted by atomic mass is 32.2. The number of halogens is 3. The minimum Gasteiger partial charge on any atom is -0.314 e. The van der Waals surface area contributed by atoms with Crippen LogP contribution in [0.5, 0.6) is 0 Å². The summed E-state index contributed by atoms with van der Waals surface area (Å²) in [6.45, 7) is 0. The Morgan fingerprint density at radius 2 is 2.10 bits per heavy atom. The Bertz CT molecular complexity index is 527. The quantitative estimate of drug-likeness (QED) is 0.817. The summed E-state index contributed by atoms with van der Waals surface area (Å²) in [6.07, 6.45) is 4.66. The maximum absolute atomic E-state index is 12.7. The Balaban J connectivity index is 1.85. The molecule has 2 rings (SSSR count). The van der Waals surface area contributed by atoms with Crippen molar-refractivity contribution in [2.24, 2.45) is 12.0 Å². The highest BCUT2D eigenvalue weighted by molar-refractivity contribution is 7.28. The van der Waals surface area contributed by atoms with Crippen molar-refractivity contribution in [3.63, 3.8) is 0 Å². The van der Waals surface area contributed by atoms with Gasteiger partial charge in [0.1, 0.15) is 22.1 Å². The fourth-order valence-electron chi connectivity index (χ4n) is 2.26. The van der Waals surface area contributed by atoms with Gasteiger partial charge in [-0.2, -0.15) is 13.2 Å². The van der Waals surface area contributed by atoms with E-state index in [2.05, 4.69) is 23.8 Å². The molecule has 0 aromatic carbocycles. The van der Waals surface area contributed by atoms with E-state index >= 15 is 0 Å². The molecule has 0 radical (unpaired) electrons. The Morgan fingerprint density at radius 1 is 1.35 bits per heavy atom. The molecule has 0 saturated heterocycles. The molecule has 1 heterocycles. The van der Waals surface area contributed by atoms with Gasteiger partial charge in [0.25, 0.3) is 0 Å². The molecule has 1 nitrogen and oxygen atoms in total. The highest BCUT2D eigenvalue weighted by Crippen LogP contribution is 2.36. The van der Waals surface area contributed by atoms with Crippen LogP contribution < -0.4 is 5.73 Å². The lowest BCUT2D eigenvalue weighted by atomic mass is 9.87. The topological polar surface area (TPSA) is 26.0 Å². The molecule has 110 valence electrons. The molecule has 2 N–H and O–H groups in total. The van der Waals surface area contributed by atoms with Gasteiger partial charge in [0.2, 0.25) is 0 Å². The fraction of sp³-hybridized carbons (Fsp3) is 0.467. The molecule has 1 aliphatic carbocycles. The standard InChI is InChI=1S/C15H19F3NS/c1-20-11-3-6-13(20)5-2-4-12-7-9-14(19,10-8-12)15(16,17)18/h3,6-9,11H,2,4-5,10,19H2,1H3/q+1. The number of thiophene rings is 1. The molecule has 0 amide bonds. The van der Waals surface area contributed by atoms with Crippen molar-refractivity contribution in [2.75, 3.05) is 0 Å². The summed E-state index contributed by atoms with van der Waals surface area (Å²) in [4.78, 5) is 1.42. The zero-order valence-corrected chi connectivity index (χ0v) is 12.2. The van der Waals surface area contributed by atoms with Crippen LogP contribution in [-0.2, 0) is 12.7 Å². The zero-order chi connectivity index (χ0) is 14.8. The van der Waals surface area contributed by atoms with Gasteiger partial charge in [-0.25, -0.2) is 0 Å². The number of hydrogen-bond acceptors (Lipinski definition) is 1. The largest absolute Gasteiger partial charge is 0.410 e. The lowest BCUT2D eigenvalue weighted by Crippen LogP contribution is -2.52. The molecule has 1 aliphatic rings. The van der Waals surface area contributed by atoms with Gasteiger partial charge in [0, 0.05) is 6.42 Å². The second-order valence-electron chi connectivity index (χ2n) is 5.23. The van der Waals surface area contributed by atoms with Crippen LogP contribution >= 0.6 is 10.5 Å². The number of aryl methyl sites for hydroxylation is 2. The van der Waals surface area contributed by atoms with Gasteiger partial charge in [-0.15, -0.1) is 0 Å². The molecular formula is C15H19F3NS+. The summed E-state index contributed by atoms with van der Waals surface area (Å²) in [5.41, 5.74) is 4.14. The lowest BCUT2D eigenvalue weighted by Gasteiger charge is -2.30. The first-order valence-electron chi connectivity index (χ1n) is 6.58. The van der Waals surface area contributed by atoms with E-state index in [-0.39, 0.29) is 16.9 Å². The molecular weight excluding hydrogens is 283 g/mol. The first kappa shape index (κ1) is 15.3. The molecule has 1 aromatic heterocycles. The van der Waals surface area contributed by atoms with Crippen molar-refractivity contribution in [1.29, 1.82) is 0 Å². The number of nitrogens with two attached hydrogens (primary N) is 1. The average Bonchev–Trinajstić information content (AvgIpc) is 2.76. The van der Waals surface area contributed by atoms with E-state index < -0.39 is 11.7 Å². The van der Waals surface area contributed by atoms with Crippen LogP contribution in [0.1, 0.15) is 24.1 Å². The smallest absolute Gasteiger partial charge is 0.314 e. The molecule has 20 heavy (non-hydrogen) atoms. The van der Waals surface area contributed by atoms with E-state index in [4.69, 9.17) is 5.73 Å². The maximum Gasteiger partial charge on any atom is 0.410 e. The number of alkyl halides is 3. The summed E-state index contributed by atoms with van der Waals surface area (Å²) in [5.74, 6) is 0. The number of hydrogen-bond donors (Lipinski definition) is 1. The van der Waals surface area contributed by atoms with Gasteiger partial charge in [-0.3, -0.25) is 0 Å². The molecule has 5 heteroatoms. The molecule has 1 aromatic rings. The van der Waals surface area contributed by atoms with Gasteiger partial charge in [0.15, 0.2) is 0 Å². The molecule has 0 spiro atoms. The van der Waals surface area contributed by atoms with Crippen molar-refractivity contribution >= 4 is 10.5 Å². The molecule has 2 atom stereocenters. The molecule has 2 unspecified atom stereocenters. The Morgan fingerprint density at radius 3 is 2.60 bits per heavy atom. The van der Waals surface area contributed by atoms with Crippen molar-refractivity contribution in [3.05, 3.63) is 46.2 Å². The predicted octanol–water partition coefficient (Wildman–Crippen LogP) is 4.44. The first-order valence-corrected chi connectivity index (χ1v) is 8.27. The van der Waals surface area contributed by atoms with Crippen LogP contribution in [0.15, 0.2) is 41.3 Å². The van der Waals surface area contributed by atoms with Crippen LogP contribution in [0.3, 0.4) is 0 Å². The van der Waals surface area contributed by atoms with Crippen LogP contribution in [0.2, 0.25) is 0 Å². The summed E-state index contributed by atoms with van der Waals surface area (Å²) in [6, 6.07) is 4.22. The van der Waals surface area contributed by atoms with Crippen molar-refractivity contribution in [2.45, 2.75) is 37.4 Å². The molecule has 0 aliphatic heterocycles. The van der Waals surface area contributed by atoms with Gasteiger partial charge >= 0.3 is 6.18 Å². The third-order valence-electron chi connectivity index (χ3n) is 3.69. The SMILES string of the molecule is C[s+]1cccc1CCCC1=CCC(N)(C(F)(F)F)C=C1. The summed E-state index contributed by atoms with van der Waals surface area (Å²) < 4.78 is 38.2. The van der Waals surface area contributed by atoms with E-state index in [0.717, 1.165) is 30.9 Å². The van der Waals surface area contributed by atoms with Crippen molar-refractivity contribution in [3.8, 4) is 0 Å². The second kappa shape index (κ2) is 5.74. The second-order valence-corrected chi connectivity index (χ2v) is 7.14. The average molecular weight is 302 g/mol. The third kappa shape index (κ3) is 3.33. The normalized spacial score (nSPS) is 23.9. The minimum absolute atomic E-state index is 0.162. The highest BCUT2D eigenvalue weighted by Gasteiger charge is 2.49. The van der Waals surface area contributed by atoms with Crippen LogP contribution in [0, 0.1) is 0 Å². The van der Waals surface area contributed by atoms with E-state index in [0.29, 0.717) is 0 Å². The van der Waals surface area contributed by atoms with Crippen molar-refractivity contribution < 1.29 is 13.2 Å². The van der Waals surface area contributed by atoms with Gasteiger partial charge in [0.05, 0.1) is 0 Å². The van der Waals surface area contributed by atoms with E-state index in [1.54, 1.807) is 6.08 Å². The Labute approximate surface area is 120 Å². The summed E-state index contributed by atoms with van der Waals surface area (Å²) in [7, 11) is 0.233. The monoisotopic (exact) mass is 302 g/mol. The number of allylic oxidation sites excluding steroid dienone is 2. The molecule has 0 saturated carbocycles. The molecule has 0 fully saturated rings. The van der Waals surface area contributed by atoms with Gasteiger partial charge in [-0.05, 0) is 41.9 Å². The number of rotatable bonds is 4. The van der Waals surface area contributed by atoms with Gasteiger partial charge in [-0.1, -0.05) is 23.8 Å². The molecule has 0 bridgehead atoms. The van der Waals surface area contributed by atoms with Crippen LogP contribution in [-0.4, -0.2) is 11.7 Å². The lowest BCUT2D eigenvalue weighted by molar-refractivity contribution is -0.170. The van der Waals surface area contributed by atoms with Crippen LogP contribution in [0.4, 0.5) is 13.2 Å². The van der Waals surface area contributed by atoms with E-state index in [9.17, 15) is 13.2 Å². The van der Waals surface area contributed by atoms with E-state index in [1.165, 1.54) is 11.0 Å². The Kier molecular flexibility index (Phi) is 4.39. The summed E-state index contributed by atoms with van der Waals surface area (Å²) >= 11 is 0. The first-order chi connectivity index (χ1) is 9.32. The minimum atomic E-state index is -4.39. The predicted molar refractivity (Wildman–Crippen MR) is 77.7 cm³/mol. The third-order valence-corrected chi connectivity index (χ3v) is 5.42. The maximum atomic E-state index is 12.7. The van der Waals surface area contributed by atoms with Gasteiger partial charge < -0.3 is 5.73 Å². The van der Waals surface area contributed by atoms with Crippen LogP contribution in [0.25, 0.3) is 0 Å². The Hall–Kier alpha value is -1.07. The fourth-order valence-corrected chi connectivity index (χ4v) is 3.51. The summed E-state index contributed by atoms with van der Waals surface area (Å²) in [5, 5.41) is 2.18. The van der Waals surface area contributed by atoms with E-state index in [1.807, 2.05) is 0 Å². The zero-order valence-electron chi connectivity index (χ0n) is 11.4. The van der Waals surface area contributed by atoms with Crippen molar-refractivity contribution in [1.82, 2.24) is 0 Å².